The van der Waals surface area contributed by atoms with E-state index in [9.17, 15) is 0 Å². The Hall–Kier alpha value is -1.98. The van der Waals surface area contributed by atoms with Gasteiger partial charge >= 0.3 is 0 Å². The molecule has 1 aromatic carbocycles. The first-order chi connectivity index (χ1) is 11.8. The maximum atomic E-state index is 6.21. The molecular weight excluding hydrogens is 302 g/mol. The highest BCUT2D eigenvalue weighted by molar-refractivity contribution is 5.15. The third-order valence-corrected chi connectivity index (χ3v) is 5.07. The maximum absolute atomic E-state index is 6.21. The minimum Gasteiger partial charge on any atom is -0.472 e. The van der Waals surface area contributed by atoms with Crippen LogP contribution in [0.5, 0.6) is 5.88 Å². The minimum absolute atomic E-state index is 0.150. The number of ether oxygens (including phenoxy) is 2. The molecule has 3 heterocycles. The molecule has 2 aliphatic rings. The molecule has 5 nitrogen and oxygen atoms in total. The molecule has 1 aromatic heterocycles. The van der Waals surface area contributed by atoms with Crippen LogP contribution in [0.25, 0.3) is 0 Å². The molecule has 4 atom stereocenters. The summed E-state index contributed by atoms with van der Waals surface area (Å²) >= 11 is 0. The molecule has 2 saturated heterocycles. The van der Waals surface area contributed by atoms with E-state index in [4.69, 9.17) is 9.47 Å². The second-order valence-electron chi connectivity index (χ2n) is 6.77. The van der Waals surface area contributed by atoms with Crippen LogP contribution in [-0.2, 0) is 11.3 Å². The van der Waals surface area contributed by atoms with E-state index in [-0.39, 0.29) is 12.2 Å². The van der Waals surface area contributed by atoms with Crippen molar-refractivity contribution in [1.82, 2.24) is 14.9 Å². The van der Waals surface area contributed by atoms with Gasteiger partial charge in [-0.05, 0) is 12.5 Å². The van der Waals surface area contributed by atoms with Crippen molar-refractivity contribution in [3.05, 3.63) is 54.5 Å². The van der Waals surface area contributed by atoms with Crippen molar-refractivity contribution in [2.24, 2.45) is 11.8 Å². The summed E-state index contributed by atoms with van der Waals surface area (Å²) in [7, 11) is 0. The van der Waals surface area contributed by atoms with Gasteiger partial charge in [-0.2, -0.15) is 0 Å². The van der Waals surface area contributed by atoms with Gasteiger partial charge in [-0.25, -0.2) is 4.98 Å². The largest absolute Gasteiger partial charge is 0.472 e. The van der Waals surface area contributed by atoms with E-state index in [1.54, 1.807) is 18.6 Å². The number of hydrogen-bond donors (Lipinski definition) is 0. The van der Waals surface area contributed by atoms with Crippen LogP contribution in [-0.4, -0.2) is 46.8 Å². The molecule has 2 aromatic rings. The Morgan fingerprint density at radius 1 is 1.21 bits per heavy atom. The average molecular weight is 325 g/mol. The number of nitrogens with zero attached hydrogens (tertiary/aromatic N) is 3. The molecule has 0 aliphatic carbocycles. The molecular formula is C19H23N3O2. The first-order valence-corrected chi connectivity index (χ1v) is 8.60. The molecule has 0 saturated carbocycles. The van der Waals surface area contributed by atoms with Gasteiger partial charge in [-0.1, -0.05) is 30.3 Å². The van der Waals surface area contributed by atoms with Crippen LogP contribution in [0.15, 0.2) is 48.9 Å². The molecule has 2 bridgehead atoms. The van der Waals surface area contributed by atoms with E-state index in [1.165, 1.54) is 5.56 Å². The molecule has 1 unspecified atom stereocenters. The van der Waals surface area contributed by atoms with Gasteiger partial charge in [0.05, 0.1) is 18.9 Å². The molecule has 0 spiro atoms. The number of aromatic nitrogens is 2. The molecule has 0 radical (unpaired) electrons. The summed E-state index contributed by atoms with van der Waals surface area (Å²) in [6, 6.07) is 10.7. The lowest BCUT2D eigenvalue weighted by molar-refractivity contribution is -0.151. The second-order valence-corrected chi connectivity index (χ2v) is 6.77. The monoisotopic (exact) mass is 325 g/mol. The number of piperidine rings is 1. The Labute approximate surface area is 142 Å². The van der Waals surface area contributed by atoms with Crippen molar-refractivity contribution < 1.29 is 9.47 Å². The van der Waals surface area contributed by atoms with Gasteiger partial charge in [0.15, 0.2) is 0 Å². The highest BCUT2D eigenvalue weighted by Gasteiger charge is 2.45. The molecule has 126 valence electrons. The molecule has 5 heteroatoms. The lowest BCUT2D eigenvalue weighted by Gasteiger charge is -2.49. The smallest absolute Gasteiger partial charge is 0.232 e. The summed E-state index contributed by atoms with van der Waals surface area (Å²) < 4.78 is 12.2. The molecule has 24 heavy (non-hydrogen) atoms. The fraction of sp³-hybridized carbons (Fsp3) is 0.474. The van der Waals surface area contributed by atoms with Crippen LogP contribution in [0.4, 0.5) is 0 Å². The zero-order valence-electron chi connectivity index (χ0n) is 13.9. The molecule has 0 amide bonds. The predicted molar refractivity (Wildman–Crippen MR) is 90.6 cm³/mol. The van der Waals surface area contributed by atoms with Crippen molar-refractivity contribution in [3.63, 3.8) is 0 Å². The predicted octanol–water partition coefficient (Wildman–Crippen LogP) is 2.39. The van der Waals surface area contributed by atoms with Crippen LogP contribution in [0.3, 0.4) is 0 Å². The molecule has 0 N–H and O–H groups in total. The molecule has 2 fully saturated rings. The van der Waals surface area contributed by atoms with Crippen molar-refractivity contribution in [1.29, 1.82) is 0 Å². The number of likely N-dealkylation sites (tertiary alicyclic amines) is 1. The normalized spacial score (nSPS) is 30.0. The topological polar surface area (TPSA) is 47.5 Å². The van der Waals surface area contributed by atoms with Crippen molar-refractivity contribution >= 4 is 0 Å². The van der Waals surface area contributed by atoms with E-state index < -0.39 is 0 Å². The lowest BCUT2D eigenvalue weighted by Crippen LogP contribution is -2.59. The highest BCUT2D eigenvalue weighted by atomic mass is 16.5. The van der Waals surface area contributed by atoms with Crippen LogP contribution >= 0.6 is 0 Å². The molecule has 2 aliphatic heterocycles. The maximum Gasteiger partial charge on any atom is 0.232 e. The Bertz CT molecular complexity index is 652. The van der Waals surface area contributed by atoms with Gasteiger partial charge < -0.3 is 9.47 Å². The first kappa shape index (κ1) is 15.5. The Kier molecular flexibility index (Phi) is 4.45. The van der Waals surface area contributed by atoms with Gasteiger partial charge in [-0.15, -0.1) is 0 Å². The van der Waals surface area contributed by atoms with Gasteiger partial charge in [0.2, 0.25) is 5.88 Å². The van der Waals surface area contributed by atoms with E-state index >= 15 is 0 Å². The number of benzene rings is 1. The van der Waals surface area contributed by atoms with Crippen LogP contribution < -0.4 is 4.74 Å². The van der Waals surface area contributed by atoms with Crippen LogP contribution in [0, 0.1) is 11.8 Å². The van der Waals surface area contributed by atoms with E-state index in [0.29, 0.717) is 17.7 Å². The number of hydrogen-bond acceptors (Lipinski definition) is 5. The summed E-state index contributed by atoms with van der Waals surface area (Å²) in [6.45, 7) is 5.85. The Morgan fingerprint density at radius 3 is 2.88 bits per heavy atom. The fourth-order valence-corrected chi connectivity index (χ4v) is 3.86. The van der Waals surface area contributed by atoms with Crippen molar-refractivity contribution in [2.45, 2.75) is 25.7 Å². The van der Waals surface area contributed by atoms with E-state index in [2.05, 4.69) is 52.1 Å². The quantitative estimate of drug-likeness (QED) is 0.864. The summed E-state index contributed by atoms with van der Waals surface area (Å²) in [5.74, 6) is 1.33. The average Bonchev–Trinajstić information content (AvgIpc) is 2.61. The summed E-state index contributed by atoms with van der Waals surface area (Å²) in [5, 5.41) is 0. The Morgan fingerprint density at radius 2 is 2.08 bits per heavy atom. The standard InChI is InChI=1S/C19H23N3O2/c1-14-17-12-22(10-15-5-3-2-4-6-15)11-16(13-23-14)19(17)24-18-9-20-7-8-21-18/h2-9,14,16-17,19H,10-13H2,1H3/t14-,16+,17-,19?/m1/s1. The van der Waals surface area contributed by atoms with Gasteiger partial charge in [-0.3, -0.25) is 9.88 Å². The third kappa shape index (κ3) is 3.28. The minimum atomic E-state index is 0.150. The van der Waals surface area contributed by atoms with Gasteiger partial charge in [0.25, 0.3) is 0 Å². The summed E-state index contributed by atoms with van der Waals surface area (Å²) in [5.41, 5.74) is 1.36. The van der Waals surface area contributed by atoms with Crippen molar-refractivity contribution in [3.8, 4) is 5.88 Å². The van der Waals surface area contributed by atoms with Crippen LogP contribution in [0.2, 0.25) is 0 Å². The number of fused-ring (bicyclic) bond motifs is 2. The highest BCUT2D eigenvalue weighted by Crippen LogP contribution is 2.34. The first-order valence-electron chi connectivity index (χ1n) is 8.60. The number of rotatable bonds is 4. The molecule has 4 rings (SSSR count). The van der Waals surface area contributed by atoms with Gasteiger partial charge in [0, 0.05) is 43.9 Å². The van der Waals surface area contributed by atoms with E-state index in [0.717, 1.165) is 26.2 Å². The summed E-state index contributed by atoms with van der Waals surface area (Å²) in [4.78, 5) is 10.9. The fourth-order valence-electron chi connectivity index (χ4n) is 3.86. The SMILES string of the molecule is C[C@H]1OC[C@@H]2CN(Cc3ccccc3)C[C@H]1C2Oc1cnccn1. The zero-order chi connectivity index (χ0) is 16.4. The van der Waals surface area contributed by atoms with E-state index in [1.807, 2.05) is 0 Å². The van der Waals surface area contributed by atoms with Crippen LogP contribution in [0.1, 0.15) is 12.5 Å². The van der Waals surface area contributed by atoms with Gasteiger partial charge in [0.1, 0.15) is 6.10 Å². The summed E-state index contributed by atoms with van der Waals surface area (Å²) in [6.07, 6.45) is 5.38. The lowest BCUT2D eigenvalue weighted by atomic mass is 9.80. The zero-order valence-corrected chi connectivity index (χ0v) is 13.9. The third-order valence-electron chi connectivity index (χ3n) is 5.07. The van der Waals surface area contributed by atoms with Crippen molar-refractivity contribution in [2.75, 3.05) is 19.7 Å². The second kappa shape index (κ2) is 6.87. The Balaban J connectivity index is 1.48.